The maximum atomic E-state index is 13.6. The summed E-state index contributed by atoms with van der Waals surface area (Å²) in [5, 5.41) is 0. The third kappa shape index (κ3) is 30.5. The van der Waals surface area contributed by atoms with Gasteiger partial charge in [-0.2, -0.15) is 8.78 Å². The number of rotatable bonds is 43. The number of ether oxygens (including phenoxy) is 13. The molecule has 0 aliphatic heterocycles. The standard InChI is InChI=1S/C38H63F5O14/c1-2-3-4-5-6-8-45-10-12-47-14-16-49-18-20-51-22-24-53-26-28-55-30-31-56-29-27-54-25-23-52-21-19-50-17-15-48-13-11-46-9-7-32(44)57-38-36(42)34(40)33(39)35(41)37(38)43/h2-31H2,1H3. The molecule has 0 spiro atoms. The summed E-state index contributed by atoms with van der Waals surface area (Å²) in [4.78, 5) is 11.7. The van der Waals surface area contributed by atoms with E-state index in [1.54, 1.807) is 0 Å². The van der Waals surface area contributed by atoms with E-state index in [0.29, 0.717) is 126 Å². The lowest BCUT2D eigenvalue weighted by Gasteiger charge is -2.09. The van der Waals surface area contributed by atoms with Crippen molar-refractivity contribution >= 4 is 5.97 Å². The Bertz CT molecular complexity index is 1070. The predicted molar refractivity (Wildman–Crippen MR) is 195 cm³/mol. The summed E-state index contributed by atoms with van der Waals surface area (Å²) in [5.41, 5.74) is 0. The summed E-state index contributed by atoms with van der Waals surface area (Å²) in [7, 11) is 0. The predicted octanol–water partition coefficient (Wildman–Crippen LogP) is 4.85. The lowest BCUT2D eigenvalue weighted by molar-refractivity contribution is -0.136. The first kappa shape index (κ1) is 52.9. The first-order valence-electron chi connectivity index (χ1n) is 19.5. The highest BCUT2D eigenvalue weighted by molar-refractivity contribution is 5.72. The second-order valence-electron chi connectivity index (χ2n) is 11.9. The van der Waals surface area contributed by atoms with Gasteiger partial charge in [0.1, 0.15) is 0 Å². The van der Waals surface area contributed by atoms with Crippen LogP contribution in [0.25, 0.3) is 0 Å². The van der Waals surface area contributed by atoms with Gasteiger partial charge >= 0.3 is 5.97 Å². The summed E-state index contributed by atoms with van der Waals surface area (Å²) in [5.74, 6) is -14.1. The fourth-order valence-corrected chi connectivity index (χ4v) is 4.32. The Morgan fingerprint density at radius 3 is 0.877 bits per heavy atom. The maximum Gasteiger partial charge on any atom is 0.313 e. The van der Waals surface area contributed by atoms with Gasteiger partial charge in [0.25, 0.3) is 0 Å². The lowest BCUT2D eigenvalue weighted by Crippen LogP contribution is -2.16. The molecule has 0 saturated heterocycles. The zero-order chi connectivity index (χ0) is 41.4. The summed E-state index contributed by atoms with van der Waals surface area (Å²) < 4.78 is 136. The Hall–Kier alpha value is -2.14. The largest absolute Gasteiger partial charge is 0.420 e. The zero-order valence-electron chi connectivity index (χ0n) is 33.3. The van der Waals surface area contributed by atoms with E-state index in [1.807, 2.05) is 0 Å². The molecule has 0 bridgehead atoms. The zero-order valence-corrected chi connectivity index (χ0v) is 33.3. The molecule has 0 N–H and O–H groups in total. The van der Waals surface area contributed by atoms with Gasteiger partial charge in [-0.25, -0.2) is 13.2 Å². The molecule has 19 heteroatoms. The van der Waals surface area contributed by atoms with Crippen LogP contribution in [0, 0.1) is 29.1 Å². The molecule has 1 aromatic carbocycles. The van der Waals surface area contributed by atoms with Crippen molar-refractivity contribution in [3.8, 4) is 5.75 Å². The van der Waals surface area contributed by atoms with Crippen LogP contribution in [0.3, 0.4) is 0 Å². The number of unbranched alkanes of at least 4 members (excludes halogenated alkanes) is 4. The van der Waals surface area contributed by atoms with Crippen LogP contribution in [-0.4, -0.2) is 165 Å². The van der Waals surface area contributed by atoms with E-state index in [-0.39, 0.29) is 26.4 Å². The molecule has 0 aliphatic carbocycles. The van der Waals surface area contributed by atoms with E-state index in [9.17, 15) is 26.7 Å². The minimum absolute atomic E-state index is 0.0799. The molecule has 334 valence electrons. The average Bonchev–Trinajstić information content (AvgIpc) is 3.21. The van der Waals surface area contributed by atoms with Gasteiger partial charge in [0.2, 0.25) is 34.8 Å². The van der Waals surface area contributed by atoms with E-state index in [2.05, 4.69) is 11.7 Å². The third-order valence-electron chi connectivity index (χ3n) is 7.32. The van der Waals surface area contributed by atoms with Crippen molar-refractivity contribution in [3.63, 3.8) is 0 Å². The van der Waals surface area contributed by atoms with Crippen molar-refractivity contribution in [2.24, 2.45) is 0 Å². The molecule has 0 atom stereocenters. The second-order valence-corrected chi connectivity index (χ2v) is 11.9. The van der Waals surface area contributed by atoms with Gasteiger partial charge in [0.05, 0.1) is 158 Å². The van der Waals surface area contributed by atoms with E-state index in [0.717, 1.165) is 13.0 Å². The average molecular weight is 839 g/mol. The Morgan fingerprint density at radius 2 is 0.579 bits per heavy atom. The second kappa shape index (κ2) is 39.3. The fourth-order valence-electron chi connectivity index (χ4n) is 4.32. The van der Waals surface area contributed by atoms with Crippen molar-refractivity contribution in [1.82, 2.24) is 0 Å². The van der Waals surface area contributed by atoms with Gasteiger partial charge in [-0.3, -0.25) is 4.79 Å². The van der Waals surface area contributed by atoms with Gasteiger partial charge in [0, 0.05) is 6.61 Å². The van der Waals surface area contributed by atoms with Crippen LogP contribution in [0.5, 0.6) is 5.75 Å². The third-order valence-corrected chi connectivity index (χ3v) is 7.32. The highest BCUT2D eigenvalue weighted by Gasteiger charge is 2.28. The smallest absolute Gasteiger partial charge is 0.313 e. The van der Waals surface area contributed by atoms with Gasteiger partial charge in [-0.05, 0) is 6.42 Å². The van der Waals surface area contributed by atoms with E-state index < -0.39 is 47.2 Å². The number of hydrogen-bond acceptors (Lipinski definition) is 14. The minimum atomic E-state index is -2.35. The topological polar surface area (TPSA) is 137 Å². The molecule has 1 aromatic rings. The van der Waals surface area contributed by atoms with E-state index in [1.165, 1.54) is 25.7 Å². The molecule has 0 saturated carbocycles. The molecule has 57 heavy (non-hydrogen) atoms. The molecule has 0 amide bonds. The SMILES string of the molecule is CCCCCCCOCCOCCOCCOCCOCCOCCOCCOCCOCCOCCOCCOCCC(=O)Oc1c(F)c(F)c(F)c(F)c1F. The molecule has 14 nitrogen and oxygen atoms in total. The maximum absolute atomic E-state index is 13.6. The Balaban J connectivity index is 1.70. The summed E-state index contributed by atoms with van der Waals surface area (Å²) in [6, 6.07) is 0. The quantitative estimate of drug-likeness (QED) is 0.0222. The van der Waals surface area contributed by atoms with Gasteiger partial charge in [-0.15, -0.1) is 0 Å². The van der Waals surface area contributed by atoms with Crippen LogP contribution < -0.4 is 4.74 Å². The van der Waals surface area contributed by atoms with Crippen molar-refractivity contribution in [1.29, 1.82) is 0 Å². The molecule has 0 fully saturated rings. The molecular weight excluding hydrogens is 775 g/mol. The van der Waals surface area contributed by atoms with Crippen LogP contribution in [0.4, 0.5) is 22.0 Å². The number of carbonyl (C=O) groups excluding carboxylic acids is 1. The normalized spacial score (nSPS) is 11.5. The van der Waals surface area contributed by atoms with Crippen LogP contribution in [0.1, 0.15) is 45.4 Å². The van der Waals surface area contributed by atoms with Crippen LogP contribution >= 0.6 is 0 Å². The first-order chi connectivity index (χ1) is 27.9. The van der Waals surface area contributed by atoms with Crippen LogP contribution in [0.2, 0.25) is 0 Å². The molecule has 0 unspecified atom stereocenters. The summed E-state index contributed by atoms with van der Waals surface area (Å²) >= 11 is 0. The highest BCUT2D eigenvalue weighted by Crippen LogP contribution is 2.29. The summed E-state index contributed by atoms with van der Waals surface area (Å²) in [6.45, 7) is 12.1. The Morgan fingerprint density at radius 1 is 0.333 bits per heavy atom. The monoisotopic (exact) mass is 838 g/mol. The number of esters is 1. The van der Waals surface area contributed by atoms with Crippen LogP contribution in [-0.2, 0) is 61.6 Å². The Labute approximate surface area is 333 Å². The molecular formula is C38H63F5O14. The fraction of sp³-hybridized carbons (Fsp3) is 0.816. The molecule has 0 aromatic heterocycles. The molecule has 1 rings (SSSR count). The highest BCUT2D eigenvalue weighted by atomic mass is 19.2. The van der Waals surface area contributed by atoms with Crippen LogP contribution in [0.15, 0.2) is 0 Å². The van der Waals surface area contributed by atoms with Crippen molar-refractivity contribution in [3.05, 3.63) is 29.1 Å². The van der Waals surface area contributed by atoms with Crippen molar-refractivity contribution in [2.45, 2.75) is 45.4 Å². The van der Waals surface area contributed by atoms with Crippen molar-refractivity contribution in [2.75, 3.05) is 159 Å². The van der Waals surface area contributed by atoms with Crippen molar-refractivity contribution < 1.29 is 88.3 Å². The van der Waals surface area contributed by atoms with E-state index in [4.69, 9.17) is 56.8 Å². The first-order valence-corrected chi connectivity index (χ1v) is 19.5. The van der Waals surface area contributed by atoms with Gasteiger partial charge < -0.3 is 61.6 Å². The Kier molecular flexibility index (Phi) is 36.5. The van der Waals surface area contributed by atoms with E-state index >= 15 is 0 Å². The number of halogens is 5. The number of benzene rings is 1. The molecule has 0 radical (unpaired) electrons. The molecule has 0 aliphatic rings. The van der Waals surface area contributed by atoms with Gasteiger partial charge in [-0.1, -0.05) is 32.6 Å². The number of carbonyl (C=O) groups is 1. The molecule has 0 heterocycles. The minimum Gasteiger partial charge on any atom is -0.420 e. The number of hydrogen-bond donors (Lipinski definition) is 0. The summed E-state index contributed by atoms with van der Waals surface area (Å²) in [6.07, 6.45) is 5.70. The lowest BCUT2D eigenvalue weighted by atomic mass is 10.2. The van der Waals surface area contributed by atoms with Gasteiger partial charge in [0.15, 0.2) is 0 Å².